The van der Waals surface area contributed by atoms with Gasteiger partial charge >= 0.3 is 8.80 Å². The van der Waals surface area contributed by atoms with Gasteiger partial charge in [-0.3, -0.25) is 14.2 Å². The second-order valence-electron chi connectivity index (χ2n) is 9.44. The van der Waals surface area contributed by atoms with E-state index in [9.17, 15) is 14.0 Å². The molecule has 2 heterocycles. The molecule has 1 amide bonds. The molecule has 37 heavy (non-hydrogen) atoms. The minimum atomic E-state index is -0.857. The van der Waals surface area contributed by atoms with Crippen molar-refractivity contribution in [2.45, 2.75) is 52.2 Å². The highest BCUT2D eigenvalue weighted by Crippen LogP contribution is 2.28. The Labute approximate surface area is 217 Å². The largest absolute Gasteiger partial charge is 0.481 e. The number of hydrogen-bond donors (Lipinski definition) is 1. The number of rotatable bonds is 6. The van der Waals surface area contributed by atoms with E-state index in [2.05, 4.69) is 21.8 Å². The Kier molecular flexibility index (Phi) is 7.91. The molecule has 1 aromatic heterocycles. The van der Waals surface area contributed by atoms with Crippen molar-refractivity contribution in [2.24, 2.45) is 0 Å². The third-order valence-corrected chi connectivity index (χ3v) is 6.47. The highest BCUT2D eigenvalue weighted by Gasteiger charge is 2.35. The van der Waals surface area contributed by atoms with Crippen LogP contribution in [-0.2, 0) is 30.0 Å². The summed E-state index contributed by atoms with van der Waals surface area (Å²) in [5.74, 6) is 2.28. The second kappa shape index (κ2) is 11.1. The van der Waals surface area contributed by atoms with Crippen molar-refractivity contribution in [3.63, 3.8) is 0 Å². The summed E-state index contributed by atoms with van der Waals surface area (Å²) in [5.41, 5.74) is 3.74. The van der Waals surface area contributed by atoms with E-state index in [-0.39, 0.29) is 24.6 Å². The number of fused-ring (bicyclic) bond motifs is 1. The van der Waals surface area contributed by atoms with Crippen LogP contribution < -0.4 is 15.6 Å². The first-order chi connectivity index (χ1) is 17.7. The normalized spacial score (nSPS) is 13.6. The van der Waals surface area contributed by atoms with Crippen LogP contribution >= 0.6 is 0 Å². The lowest BCUT2D eigenvalue weighted by Gasteiger charge is -2.32. The predicted molar refractivity (Wildman–Crippen MR) is 140 cm³/mol. The molecular formula is C28H29FN3O4Si+. The van der Waals surface area contributed by atoms with Gasteiger partial charge in [0.2, 0.25) is 5.75 Å². The molecule has 0 spiro atoms. The fraction of sp³-hybridized carbons (Fsp3) is 0.321. The molecule has 0 aliphatic carbocycles. The van der Waals surface area contributed by atoms with Gasteiger partial charge in [0.15, 0.2) is 5.69 Å². The lowest BCUT2D eigenvalue weighted by atomic mass is 10.1. The topological polar surface area (TPSA) is 82.5 Å². The Balaban J connectivity index is 1.67. The van der Waals surface area contributed by atoms with E-state index >= 15 is 0 Å². The molecule has 4 rings (SSSR count). The van der Waals surface area contributed by atoms with Crippen LogP contribution in [0.4, 0.5) is 4.39 Å². The molecule has 0 bridgehead atoms. The molecule has 7 nitrogen and oxygen atoms in total. The number of nitrogens with zero attached hydrogens (tertiary/aromatic N) is 2. The third-order valence-electron chi connectivity index (χ3n) is 5.84. The van der Waals surface area contributed by atoms with E-state index < -0.39 is 31.7 Å². The van der Waals surface area contributed by atoms with Crippen LogP contribution in [0.3, 0.4) is 0 Å². The van der Waals surface area contributed by atoms with Crippen LogP contribution in [0.15, 0.2) is 53.3 Å². The van der Waals surface area contributed by atoms with E-state index in [0.29, 0.717) is 30.1 Å². The monoisotopic (exact) mass is 518 g/mol. The Hall–Kier alpha value is -3.74. The van der Waals surface area contributed by atoms with E-state index in [0.717, 1.165) is 5.56 Å². The number of carbonyl (C=O) groups is 1. The molecular weight excluding hydrogens is 489 g/mol. The Morgan fingerprint density at radius 1 is 1.24 bits per heavy atom. The molecule has 0 saturated carbocycles. The first-order valence-corrected chi connectivity index (χ1v) is 14.5. The zero-order chi connectivity index (χ0) is 26.6. The molecule has 0 fully saturated rings. The van der Waals surface area contributed by atoms with Crippen LogP contribution in [0.25, 0.3) is 0 Å². The van der Waals surface area contributed by atoms with Crippen LogP contribution in [0.2, 0.25) is 13.1 Å². The van der Waals surface area contributed by atoms with Crippen molar-refractivity contribution in [1.29, 1.82) is 0 Å². The summed E-state index contributed by atoms with van der Waals surface area (Å²) in [4.78, 5) is 31.4. The molecule has 3 aromatic rings. The summed E-state index contributed by atoms with van der Waals surface area (Å²) in [5, 5.41) is 2.81. The number of benzene rings is 2. The minimum Gasteiger partial charge on any atom is -0.481 e. The summed E-state index contributed by atoms with van der Waals surface area (Å²) >= 11 is 0. The number of ether oxygens (including phenoxy) is 2. The molecule has 9 heteroatoms. The average Bonchev–Trinajstić information content (AvgIpc) is 2.86. The lowest BCUT2D eigenvalue weighted by molar-refractivity contribution is -0.0567. The van der Waals surface area contributed by atoms with E-state index in [1.807, 2.05) is 43.4 Å². The third kappa shape index (κ3) is 6.16. The average molecular weight is 519 g/mol. The van der Waals surface area contributed by atoms with E-state index in [1.165, 1.54) is 16.7 Å². The fourth-order valence-electron chi connectivity index (χ4n) is 3.95. The molecule has 1 N–H and O–H groups in total. The fourth-order valence-corrected chi connectivity index (χ4v) is 4.33. The van der Waals surface area contributed by atoms with Crippen molar-refractivity contribution >= 4 is 14.7 Å². The standard InChI is InChI=1S/C28H28FN3O4Si/c1-28(2)27-31-23(25(33)30-17-21-10-11-22(29)16-20(21)12-15-37(3)4)24(26(34)32(27)13-14-36-28)35-18-19-8-6-5-7-9-19/h5-11,16H,13-14,17-18H2,1-4H3/p+1. The predicted octanol–water partition coefficient (Wildman–Crippen LogP) is 3.80. The number of amides is 1. The van der Waals surface area contributed by atoms with Crippen molar-refractivity contribution in [3.8, 4) is 17.2 Å². The number of halogens is 1. The van der Waals surface area contributed by atoms with Gasteiger partial charge in [0.1, 0.15) is 23.8 Å². The highest BCUT2D eigenvalue weighted by atomic mass is 28.3. The lowest BCUT2D eigenvalue weighted by Crippen LogP contribution is -2.43. The van der Waals surface area contributed by atoms with Crippen LogP contribution in [0.1, 0.15) is 46.9 Å². The van der Waals surface area contributed by atoms with Crippen LogP contribution in [0.5, 0.6) is 5.75 Å². The van der Waals surface area contributed by atoms with Gasteiger partial charge in [-0.15, -0.1) is 0 Å². The number of carbonyl (C=O) groups excluding carboxylic acids is 1. The van der Waals surface area contributed by atoms with Gasteiger partial charge in [0.05, 0.1) is 31.8 Å². The Morgan fingerprint density at radius 2 is 2.00 bits per heavy atom. The molecule has 0 unspecified atom stereocenters. The zero-order valence-electron chi connectivity index (χ0n) is 21.4. The molecule has 1 aliphatic heterocycles. The summed E-state index contributed by atoms with van der Waals surface area (Å²) in [6.07, 6.45) is 0. The number of aromatic nitrogens is 2. The van der Waals surface area contributed by atoms with Gasteiger partial charge in [0.25, 0.3) is 11.5 Å². The first kappa shape index (κ1) is 26.3. The summed E-state index contributed by atoms with van der Waals surface area (Å²) < 4.78 is 27.1. The van der Waals surface area contributed by atoms with Gasteiger partial charge in [-0.25, -0.2) is 9.37 Å². The van der Waals surface area contributed by atoms with Gasteiger partial charge in [-0.2, -0.15) is 0 Å². The second-order valence-corrected chi connectivity index (χ2v) is 11.7. The molecule has 0 atom stereocenters. The maximum Gasteiger partial charge on any atom is 0.399 e. The van der Waals surface area contributed by atoms with E-state index in [1.54, 1.807) is 19.9 Å². The number of nitrogens with one attached hydrogen (secondary N) is 1. The molecule has 190 valence electrons. The van der Waals surface area contributed by atoms with Gasteiger partial charge < -0.3 is 14.8 Å². The van der Waals surface area contributed by atoms with E-state index in [4.69, 9.17) is 9.47 Å². The summed E-state index contributed by atoms with van der Waals surface area (Å²) in [6.45, 7) is 8.53. The summed E-state index contributed by atoms with van der Waals surface area (Å²) in [7, 11) is -0.840. The van der Waals surface area contributed by atoms with Gasteiger partial charge in [-0.05, 0) is 43.0 Å². The quantitative estimate of drug-likeness (QED) is 0.397. The van der Waals surface area contributed by atoms with Crippen LogP contribution in [0, 0.1) is 17.3 Å². The van der Waals surface area contributed by atoms with Crippen molar-refractivity contribution in [2.75, 3.05) is 6.61 Å². The maximum atomic E-state index is 13.9. The number of hydrogen-bond acceptors (Lipinski definition) is 5. The molecule has 0 radical (unpaired) electrons. The SMILES string of the molecule is C[Si+](C)C#Cc1cc(F)ccc1CNC(=O)c1nc2n(c(=O)c1OCc1ccccc1)CCOC2(C)C. The first-order valence-electron chi connectivity index (χ1n) is 12.0. The zero-order valence-corrected chi connectivity index (χ0v) is 22.4. The Morgan fingerprint density at radius 3 is 2.73 bits per heavy atom. The maximum absolute atomic E-state index is 13.9. The van der Waals surface area contributed by atoms with Gasteiger partial charge in [0, 0.05) is 12.1 Å². The van der Waals surface area contributed by atoms with Crippen molar-refractivity contribution in [1.82, 2.24) is 14.9 Å². The van der Waals surface area contributed by atoms with Gasteiger partial charge in [-0.1, -0.05) is 36.4 Å². The summed E-state index contributed by atoms with van der Waals surface area (Å²) in [6, 6.07) is 13.6. The molecule has 0 saturated heterocycles. The van der Waals surface area contributed by atoms with Crippen LogP contribution in [-0.4, -0.2) is 30.9 Å². The minimum absolute atomic E-state index is 0.0801. The molecule has 2 aromatic carbocycles. The van der Waals surface area contributed by atoms with Crippen molar-refractivity contribution in [3.05, 3.63) is 92.9 Å². The smallest absolute Gasteiger partial charge is 0.399 e. The Bertz CT molecular complexity index is 1430. The van der Waals surface area contributed by atoms with Crippen molar-refractivity contribution < 1.29 is 18.7 Å². The highest BCUT2D eigenvalue weighted by molar-refractivity contribution is 6.64. The molecule has 1 aliphatic rings.